The molecule has 1 aliphatic carbocycles. The van der Waals surface area contributed by atoms with Crippen LogP contribution in [0.4, 0.5) is 0 Å². The summed E-state index contributed by atoms with van der Waals surface area (Å²) in [5, 5.41) is 3.53. The highest BCUT2D eigenvalue weighted by Gasteiger charge is 2.32. The van der Waals surface area contributed by atoms with E-state index in [-0.39, 0.29) is 6.04 Å². The third-order valence-corrected chi connectivity index (χ3v) is 8.08. The second kappa shape index (κ2) is 7.55. The van der Waals surface area contributed by atoms with Crippen LogP contribution in [0, 0.1) is 0 Å². The maximum atomic E-state index is 12.6. The summed E-state index contributed by atoms with van der Waals surface area (Å²) in [5.74, 6) is 0. The fourth-order valence-electron chi connectivity index (χ4n) is 2.77. The van der Waals surface area contributed by atoms with Gasteiger partial charge in [0.05, 0.1) is 3.79 Å². The number of halogens is 1. The van der Waals surface area contributed by atoms with Gasteiger partial charge in [0.2, 0.25) is 0 Å². The highest BCUT2D eigenvalue weighted by atomic mass is 79.9. The molecular weight excluding hydrogens is 372 g/mol. The first kappa shape index (κ1) is 17.4. The first-order chi connectivity index (χ1) is 9.95. The number of nitrogens with one attached hydrogen (secondary N) is 1. The van der Waals surface area contributed by atoms with Crippen LogP contribution in [0.3, 0.4) is 0 Å². The zero-order valence-corrected chi connectivity index (χ0v) is 15.7. The van der Waals surface area contributed by atoms with Crippen LogP contribution in [-0.4, -0.2) is 38.4 Å². The van der Waals surface area contributed by atoms with Gasteiger partial charge in [0.25, 0.3) is 10.0 Å². The zero-order chi connectivity index (χ0) is 15.5. The Hall–Kier alpha value is 0.0500. The maximum absolute atomic E-state index is 12.6. The molecule has 0 saturated heterocycles. The van der Waals surface area contributed by atoms with Gasteiger partial charge in [-0.05, 0) is 66.7 Å². The van der Waals surface area contributed by atoms with Crippen LogP contribution in [0.15, 0.2) is 20.1 Å². The summed E-state index contributed by atoms with van der Waals surface area (Å²) >= 11 is 4.60. The predicted molar refractivity (Wildman–Crippen MR) is 91.3 cm³/mol. The van der Waals surface area contributed by atoms with Crippen LogP contribution in [0.1, 0.15) is 39.0 Å². The van der Waals surface area contributed by atoms with Crippen LogP contribution in [0.25, 0.3) is 0 Å². The Morgan fingerprint density at radius 1 is 1.33 bits per heavy atom. The number of nitrogens with zero attached hydrogens (tertiary/aromatic N) is 1. The van der Waals surface area contributed by atoms with E-state index in [1.165, 1.54) is 11.3 Å². The monoisotopic (exact) mass is 394 g/mol. The van der Waals surface area contributed by atoms with Crippen LogP contribution in [-0.2, 0) is 10.0 Å². The SMILES string of the molecule is CCCNC1CCC(N(C)S(=O)(=O)c2ccc(Br)s2)CC1. The molecule has 1 saturated carbocycles. The molecule has 120 valence electrons. The Labute approximate surface area is 140 Å². The summed E-state index contributed by atoms with van der Waals surface area (Å²) in [4.78, 5) is 0. The van der Waals surface area contributed by atoms with Gasteiger partial charge in [-0.1, -0.05) is 6.92 Å². The summed E-state index contributed by atoms with van der Waals surface area (Å²) < 4.78 is 28.0. The largest absolute Gasteiger partial charge is 0.314 e. The van der Waals surface area contributed by atoms with Crippen LogP contribution in [0.2, 0.25) is 0 Å². The van der Waals surface area contributed by atoms with Crippen molar-refractivity contribution < 1.29 is 8.42 Å². The average Bonchev–Trinajstić information content (AvgIpc) is 2.92. The second-order valence-electron chi connectivity index (χ2n) is 5.54. The van der Waals surface area contributed by atoms with Crippen molar-refractivity contribution in [3.05, 3.63) is 15.9 Å². The lowest BCUT2D eigenvalue weighted by Gasteiger charge is -2.34. The molecule has 4 nitrogen and oxygen atoms in total. The second-order valence-corrected chi connectivity index (χ2v) is 10.2. The van der Waals surface area contributed by atoms with Gasteiger partial charge in [0.15, 0.2) is 0 Å². The van der Waals surface area contributed by atoms with Crippen molar-refractivity contribution in [1.29, 1.82) is 0 Å². The van der Waals surface area contributed by atoms with Gasteiger partial charge in [0, 0.05) is 19.1 Å². The Kier molecular flexibility index (Phi) is 6.25. The highest BCUT2D eigenvalue weighted by molar-refractivity contribution is 9.11. The van der Waals surface area contributed by atoms with E-state index in [0.717, 1.165) is 42.4 Å². The van der Waals surface area contributed by atoms with Gasteiger partial charge in [-0.15, -0.1) is 11.3 Å². The molecule has 0 radical (unpaired) electrons. The molecule has 0 aliphatic heterocycles. The zero-order valence-electron chi connectivity index (χ0n) is 12.5. The van der Waals surface area contributed by atoms with E-state index < -0.39 is 10.0 Å². The first-order valence-corrected chi connectivity index (χ1v) is 10.5. The number of hydrogen-bond acceptors (Lipinski definition) is 4. The van der Waals surface area contributed by atoms with Crippen molar-refractivity contribution in [3.63, 3.8) is 0 Å². The van der Waals surface area contributed by atoms with E-state index in [1.54, 1.807) is 23.5 Å². The quantitative estimate of drug-likeness (QED) is 0.803. The number of hydrogen-bond donors (Lipinski definition) is 1. The van der Waals surface area contributed by atoms with E-state index in [1.807, 2.05) is 0 Å². The van der Waals surface area contributed by atoms with Gasteiger partial charge in [-0.3, -0.25) is 0 Å². The molecule has 0 spiro atoms. The summed E-state index contributed by atoms with van der Waals surface area (Å²) in [6.07, 6.45) is 5.12. The molecule has 21 heavy (non-hydrogen) atoms. The maximum Gasteiger partial charge on any atom is 0.252 e. The van der Waals surface area contributed by atoms with Gasteiger partial charge < -0.3 is 5.32 Å². The van der Waals surface area contributed by atoms with Gasteiger partial charge in [0.1, 0.15) is 4.21 Å². The molecule has 1 N–H and O–H groups in total. The van der Waals surface area contributed by atoms with E-state index in [0.29, 0.717) is 10.3 Å². The van der Waals surface area contributed by atoms with Crippen molar-refractivity contribution >= 4 is 37.3 Å². The van der Waals surface area contributed by atoms with Crippen molar-refractivity contribution in [2.24, 2.45) is 0 Å². The predicted octanol–water partition coefficient (Wildman–Crippen LogP) is 3.44. The van der Waals surface area contributed by atoms with Crippen LogP contribution in [0.5, 0.6) is 0 Å². The lowest BCUT2D eigenvalue weighted by atomic mass is 9.91. The average molecular weight is 395 g/mol. The van der Waals surface area contributed by atoms with Crippen LogP contribution < -0.4 is 5.32 Å². The van der Waals surface area contributed by atoms with Crippen LogP contribution >= 0.6 is 27.3 Å². The Balaban J connectivity index is 1.97. The fraction of sp³-hybridized carbons (Fsp3) is 0.714. The standard InChI is InChI=1S/C14H23BrN2O2S2/c1-3-10-16-11-4-6-12(7-5-11)17(2)21(18,19)14-9-8-13(15)20-14/h8-9,11-12,16H,3-7,10H2,1-2H3. The molecule has 1 aromatic rings. The van der Waals surface area contributed by atoms with Crippen molar-refractivity contribution in [1.82, 2.24) is 9.62 Å². The number of sulfonamides is 1. The third-order valence-electron chi connectivity index (χ3n) is 4.08. The minimum atomic E-state index is -3.35. The molecular formula is C14H23BrN2O2S2. The molecule has 7 heteroatoms. The normalized spacial score (nSPS) is 23.6. The molecule has 1 aromatic heterocycles. The number of thiophene rings is 1. The summed E-state index contributed by atoms with van der Waals surface area (Å²) in [7, 11) is -1.64. The molecule has 0 atom stereocenters. The molecule has 0 bridgehead atoms. The fourth-order valence-corrected chi connectivity index (χ4v) is 6.38. The Morgan fingerprint density at radius 3 is 2.52 bits per heavy atom. The lowest BCUT2D eigenvalue weighted by Crippen LogP contribution is -2.43. The topological polar surface area (TPSA) is 49.4 Å². The minimum absolute atomic E-state index is 0.121. The van der Waals surface area contributed by atoms with E-state index >= 15 is 0 Å². The Bertz CT molecular complexity index is 551. The third kappa shape index (κ3) is 4.28. The minimum Gasteiger partial charge on any atom is -0.314 e. The molecule has 1 aliphatic rings. The molecule has 1 heterocycles. The van der Waals surface area contributed by atoms with Crippen molar-refractivity contribution in [3.8, 4) is 0 Å². The smallest absolute Gasteiger partial charge is 0.252 e. The first-order valence-electron chi connectivity index (χ1n) is 7.42. The van der Waals surface area contributed by atoms with E-state index in [2.05, 4.69) is 28.2 Å². The van der Waals surface area contributed by atoms with Crippen molar-refractivity contribution in [2.45, 2.75) is 55.3 Å². The molecule has 0 unspecified atom stereocenters. The molecule has 1 fully saturated rings. The highest BCUT2D eigenvalue weighted by Crippen LogP contribution is 2.31. The van der Waals surface area contributed by atoms with Gasteiger partial charge >= 0.3 is 0 Å². The van der Waals surface area contributed by atoms with Gasteiger partial charge in [-0.2, -0.15) is 4.31 Å². The summed E-state index contributed by atoms with van der Waals surface area (Å²) in [5.41, 5.74) is 0. The molecule has 2 rings (SSSR count). The molecule has 0 amide bonds. The Morgan fingerprint density at radius 2 is 2.00 bits per heavy atom. The summed E-state index contributed by atoms with van der Waals surface area (Å²) in [6, 6.07) is 4.13. The van der Waals surface area contributed by atoms with Crippen molar-refractivity contribution in [2.75, 3.05) is 13.6 Å². The summed E-state index contributed by atoms with van der Waals surface area (Å²) in [6.45, 7) is 3.21. The van der Waals surface area contributed by atoms with E-state index in [9.17, 15) is 8.42 Å². The lowest BCUT2D eigenvalue weighted by molar-refractivity contribution is 0.250. The molecule has 0 aromatic carbocycles. The van der Waals surface area contributed by atoms with E-state index in [4.69, 9.17) is 0 Å². The van der Waals surface area contributed by atoms with Gasteiger partial charge in [-0.25, -0.2) is 8.42 Å². The number of rotatable bonds is 6.